The van der Waals surface area contributed by atoms with Gasteiger partial charge in [-0.1, -0.05) is 29.8 Å². The second-order valence-electron chi connectivity index (χ2n) is 5.44. The molecule has 1 heterocycles. The number of nitrogens with zero attached hydrogens (tertiary/aromatic N) is 2. The maximum absolute atomic E-state index is 12.4. The minimum atomic E-state index is -0.511. The smallest absolute Gasteiger partial charge is 0.245 e. The highest BCUT2D eigenvalue weighted by molar-refractivity contribution is 6.31. The second-order valence-corrected chi connectivity index (χ2v) is 5.85. The van der Waals surface area contributed by atoms with Gasteiger partial charge in [0.15, 0.2) is 0 Å². The summed E-state index contributed by atoms with van der Waals surface area (Å²) in [6.45, 7) is 2.12. The summed E-state index contributed by atoms with van der Waals surface area (Å²) in [5.41, 5.74) is 0.823. The van der Waals surface area contributed by atoms with Crippen LogP contribution in [0, 0.1) is 0 Å². The molecular formula is C16H20ClFN2O2. The molecule has 0 aliphatic carbocycles. The average molecular weight is 327 g/mol. The fourth-order valence-electron chi connectivity index (χ4n) is 2.61. The molecule has 0 N–H and O–H groups in total. The number of hydrogen-bond acceptors (Lipinski definition) is 2. The molecule has 2 rings (SSSR count). The second kappa shape index (κ2) is 7.58. The van der Waals surface area contributed by atoms with Crippen LogP contribution in [0.1, 0.15) is 25.3 Å². The molecule has 0 aromatic heterocycles. The third-order valence-electron chi connectivity index (χ3n) is 3.88. The summed E-state index contributed by atoms with van der Waals surface area (Å²) >= 11 is 6.11. The highest BCUT2D eigenvalue weighted by atomic mass is 35.5. The van der Waals surface area contributed by atoms with Crippen LogP contribution in [0.3, 0.4) is 0 Å². The first kappa shape index (κ1) is 16.7. The minimum Gasteiger partial charge on any atom is -0.329 e. The van der Waals surface area contributed by atoms with Gasteiger partial charge in [0.2, 0.25) is 11.8 Å². The third kappa shape index (κ3) is 3.77. The number of amides is 2. The number of carbonyl (C=O) groups excluding carboxylic acids is 2. The molecule has 0 saturated carbocycles. The van der Waals surface area contributed by atoms with E-state index in [1.165, 1.54) is 4.90 Å². The number of carbonyl (C=O) groups is 2. The Kier molecular flexibility index (Phi) is 5.77. The first-order valence-corrected chi connectivity index (χ1v) is 7.80. The van der Waals surface area contributed by atoms with E-state index in [-0.39, 0.29) is 18.4 Å². The van der Waals surface area contributed by atoms with Gasteiger partial charge in [-0.15, -0.1) is 0 Å². The normalized spacial score (nSPS) is 19.0. The van der Waals surface area contributed by atoms with Crippen molar-refractivity contribution in [3.63, 3.8) is 0 Å². The largest absolute Gasteiger partial charge is 0.329 e. The van der Waals surface area contributed by atoms with Crippen LogP contribution in [0.25, 0.3) is 0 Å². The van der Waals surface area contributed by atoms with Crippen molar-refractivity contribution in [2.24, 2.45) is 0 Å². The molecule has 1 fully saturated rings. The van der Waals surface area contributed by atoms with Gasteiger partial charge in [-0.05, 0) is 31.4 Å². The van der Waals surface area contributed by atoms with E-state index in [0.717, 1.165) is 5.56 Å². The number of unbranched alkanes of at least 4 members (excludes halogenated alkanes) is 1. The molecule has 6 heteroatoms. The number of alkyl halides is 1. The Hall–Kier alpha value is -1.62. The first-order chi connectivity index (χ1) is 10.5. The topological polar surface area (TPSA) is 40.6 Å². The van der Waals surface area contributed by atoms with Gasteiger partial charge in [-0.25, -0.2) is 0 Å². The number of hydrogen-bond donors (Lipinski definition) is 0. The highest BCUT2D eigenvalue weighted by Gasteiger charge is 2.36. The van der Waals surface area contributed by atoms with Crippen molar-refractivity contribution >= 4 is 23.4 Å². The fraction of sp³-hybridized carbons (Fsp3) is 0.500. The van der Waals surface area contributed by atoms with E-state index >= 15 is 0 Å². The maximum atomic E-state index is 12.4. The van der Waals surface area contributed by atoms with Crippen LogP contribution in [0.15, 0.2) is 24.3 Å². The lowest BCUT2D eigenvalue weighted by atomic mass is 10.1. The summed E-state index contributed by atoms with van der Waals surface area (Å²) in [6.07, 6.45) is 0.985. The quantitative estimate of drug-likeness (QED) is 0.754. The summed E-state index contributed by atoms with van der Waals surface area (Å²) < 4.78 is 12.2. The van der Waals surface area contributed by atoms with E-state index in [1.807, 2.05) is 18.2 Å². The standard InChI is InChI=1S/C16H20ClFN2O2/c1-12-16(22)19(10-13-6-2-3-7-14(13)17)11-15(21)20(12)9-5-4-8-18/h2-3,6-7,12H,4-5,8-11H2,1H3/t12-/m0/s1. The van der Waals surface area contributed by atoms with E-state index < -0.39 is 12.7 Å². The Morgan fingerprint density at radius 2 is 2.00 bits per heavy atom. The highest BCUT2D eigenvalue weighted by Crippen LogP contribution is 2.20. The van der Waals surface area contributed by atoms with Gasteiger partial charge in [-0.3, -0.25) is 14.0 Å². The maximum Gasteiger partial charge on any atom is 0.245 e. The summed E-state index contributed by atoms with van der Waals surface area (Å²) in [4.78, 5) is 27.8. The zero-order valence-corrected chi connectivity index (χ0v) is 13.4. The lowest BCUT2D eigenvalue weighted by molar-refractivity contribution is -0.155. The summed E-state index contributed by atoms with van der Waals surface area (Å²) in [5.74, 6) is -0.197. The molecule has 1 atom stereocenters. The van der Waals surface area contributed by atoms with Crippen molar-refractivity contribution in [2.45, 2.75) is 32.4 Å². The number of rotatable bonds is 6. The first-order valence-electron chi connectivity index (χ1n) is 7.42. The molecule has 1 aliphatic heterocycles. The van der Waals surface area contributed by atoms with Crippen molar-refractivity contribution in [1.82, 2.24) is 9.80 Å². The molecule has 2 amide bonds. The van der Waals surface area contributed by atoms with Crippen molar-refractivity contribution in [2.75, 3.05) is 19.8 Å². The van der Waals surface area contributed by atoms with Crippen LogP contribution in [-0.4, -0.2) is 47.4 Å². The summed E-state index contributed by atoms with van der Waals surface area (Å²) in [5, 5.41) is 0.584. The van der Waals surface area contributed by atoms with E-state index in [9.17, 15) is 14.0 Å². The molecule has 0 bridgehead atoms. The minimum absolute atomic E-state index is 0.0457. The molecule has 4 nitrogen and oxygen atoms in total. The van der Waals surface area contributed by atoms with Crippen LogP contribution < -0.4 is 0 Å². The lowest BCUT2D eigenvalue weighted by Gasteiger charge is -2.39. The molecule has 1 aromatic rings. The molecule has 0 spiro atoms. The van der Waals surface area contributed by atoms with Crippen molar-refractivity contribution in [1.29, 1.82) is 0 Å². The molecule has 0 radical (unpaired) electrons. The SMILES string of the molecule is C[C@H]1C(=O)N(Cc2ccccc2Cl)CC(=O)N1CCCCF. The molecule has 120 valence electrons. The Morgan fingerprint density at radius 1 is 1.27 bits per heavy atom. The number of benzene rings is 1. The zero-order chi connectivity index (χ0) is 16.1. The monoisotopic (exact) mass is 326 g/mol. The molecule has 1 aromatic carbocycles. The molecule has 22 heavy (non-hydrogen) atoms. The molecule has 1 saturated heterocycles. The van der Waals surface area contributed by atoms with Crippen molar-refractivity contribution in [3.05, 3.63) is 34.9 Å². The number of halogens is 2. The Balaban J connectivity index is 2.03. The zero-order valence-electron chi connectivity index (χ0n) is 12.6. The number of piperazine rings is 1. The van der Waals surface area contributed by atoms with Crippen LogP contribution in [0.4, 0.5) is 4.39 Å². The molecular weight excluding hydrogens is 307 g/mol. The van der Waals surface area contributed by atoms with E-state index in [0.29, 0.717) is 31.0 Å². The van der Waals surface area contributed by atoms with Crippen LogP contribution in [-0.2, 0) is 16.1 Å². The Bertz CT molecular complexity index is 553. The predicted molar refractivity (Wildman–Crippen MR) is 83.3 cm³/mol. The average Bonchev–Trinajstić information content (AvgIpc) is 2.50. The van der Waals surface area contributed by atoms with Gasteiger partial charge in [0.25, 0.3) is 0 Å². The van der Waals surface area contributed by atoms with Gasteiger partial charge in [0.1, 0.15) is 12.6 Å². The van der Waals surface area contributed by atoms with Crippen LogP contribution in [0.2, 0.25) is 5.02 Å². The lowest BCUT2D eigenvalue weighted by Crippen LogP contribution is -2.58. The molecule has 1 aliphatic rings. The molecule has 0 unspecified atom stereocenters. The van der Waals surface area contributed by atoms with Gasteiger partial charge >= 0.3 is 0 Å². The van der Waals surface area contributed by atoms with Gasteiger partial charge in [-0.2, -0.15) is 0 Å². The van der Waals surface area contributed by atoms with Crippen LogP contribution >= 0.6 is 11.6 Å². The van der Waals surface area contributed by atoms with E-state index in [2.05, 4.69) is 0 Å². The predicted octanol–water partition coefficient (Wildman–Crippen LogP) is 2.65. The summed E-state index contributed by atoms with van der Waals surface area (Å²) in [7, 11) is 0. The Morgan fingerprint density at radius 3 is 2.68 bits per heavy atom. The van der Waals surface area contributed by atoms with Crippen molar-refractivity contribution < 1.29 is 14.0 Å². The van der Waals surface area contributed by atoms with E-state index in [1.54, 1.807) is 17.9 Å². The van der Waals surface area contributed by atoms with Gasteiger partial charge in [0, 0.05) is 18.1 Å². The van der Waals surface area contributed by atoms with Gasteiger partial charge < -0.3 is 9.80 Å². The third-order valence-corrected chi connectivity index (χ3v) is 4.25. The van der Waals surface area contributed by atoms with Crippen LogP contribution in [0.5, 0.6) is 0 Å². The van der Waals surface area contributed by atoms with E-state index in [4.69, 9.17) is 11.6 Å². The summed E-state index contributed by atoms with van der Waals surface area (Å²) in [6, 6.07) is 6.77. The fourth-order valence-corrected chi connectivity index (χ4v) is 2.80. The van der Waals surface area contributed by atoms with Crippen molar-refractivity contribution in [3.8, 4) is 0 Å². The Labute approximate surface area is 134 Å². The van der Waals surface area contributed by atoms with Gasteiger partial charge in [0.05, 0.1) is 6.67 Å².